The van der Waals surface area contributed by atoms with Crippen molar-refractivity contribution in [2.24, 2.45) is 7.05 Å². The molecular formula is C45H58N2+2. The summed E-state index contributed by atoms with van der Waals surface area (Å²) in [5.74, 6) is 0. The van der Waals surface area contributed by atoms with Gasteiger partial charge in [-0.05, 0) is 101 Å². The molecule has 2 atom stereocenters. The smallest absolute Gasteiger partial charge is 0.201 e. The van der Waals surface area contributed by atoms with Gasteiger partial charge in [-0.1, -0.05) is 92.7 Å². The molecule has 2 aromatic heterocycles. The molecule has 0 saturated heterocycles. The maximum atomic E-state index is 2.70. The fraction of sp³-hybridized carbons (Fsp3) is 0.467. The standard InChI is InChI=1S/C45H58N2/c1-12-44(10)36-30-38-37(42(6,7)26-27-43(38,8)9)29-35(36)40-24-23-33(41(3,4)5)31-47(40)45(44,13-2)25-18-20-32-19-14-15-21-34(32)39-22-16-17-28-46(39)11/h14-19,21-25,28-31H,12-13,20,26-27H2,1-11H3/q+2. The van der Waals surface area contributed by atoms with Crippen molar-refractivity contribution in [3.8, 4) is 22.5 Å². The number of hydrogen-bond acceptors (Lipinski definition) is 0. The van der Waals surface area contributed by atoms with Crippen molar-refractivity contribution >= 4 is 0 Å². The molecule has 2 nitrogen and oxygen atoms in total. The van der Waals surface area contributed by atoms with Crippen LogP contribution < -0.4 is 9.13 Å². The van der Waals surface area contributed by atoms with Crippen LogP contribution in [0.15, 0.2) is 91.3 Å². The van der Waals surface area contributed by atoms with E-state index in [0.717, 1.165) is 19.3 Å². The van der Waals surface area contributed by atoms with Crippen molar-refractivity contribution in [2.75, 3.05) is 0 Å². The highest BCUT2D eigenvalue weighted by molar-refractivity contribution is 5.70. The molecule has 2 unspecified atom stereocenters. The van der Waals surface area contributed by atoms with Gasteiger partial charge in [0.2, 0.25) is 11.4 Å². The Labute approximate surface area is 285 Å². The number of hydrogen-bond donors (Lipinski definition) is 0. The third-order valence-electron chi connectivity index (χ3n) is 12.4. The van der Waals surface area contributed by atoms with Crippen LogP contribution in [0.5, 0.6) is 0 Å². The number of pyridine rings is 2. The van der Waals surface area contributed by atoms with Crippen molar-refractivity contribution in [3.05, 3.63) is 119 Å². The lowest BCUT2D eigenvalue weighted by Crippen LogP contribution is -2.68. The molecule has 0 fully saturated rings. The lowest BCUT2D eigenvalue weighted by atomic mass is 9.56. The van der Waals surface area contributed by atoms with Gasteiger partial charge in [-0.2, -0.15) is 4.57 Å². The van der Waals surface area contributed by atoms with Crippen LogP contribution in [0.2, 0.25) is 0 Å². The molecule has 246 valence electrons. The Morgan fingerprint density at radius 1 is 0.723 bits per heavy atom. The Bertz CT molecular complexity index is 1850. The summed E-state index contributed by atoms with van der Waals surface area (Å²) in [7, 11) is 2.14. The minimum Gasteiger partial charge on any atom is -0.201 e. The summed E-state index contributed by atoms with van der Waals surface area (Å²) in [6, 6.07) is 25.5. The van der Waals surface area contributed by atoms with Crippen molar-refractivity contribution < 1.29 is 9.13 Å². The molecule has 0 N–H and O–H groups in total. The highest BCUT2D eigenvalue weighted by Gasteiger charge is 2.59. The molecule has 1 aliphatic carbocycles. The Morgan fingerprint density at radius 2 is 1.38 bits per heavy atom. The first-order valence-electron chi connectivity index (χ1n) is 18.1. The summed E-state index contributed by atoms with van der Waals surface area (Å²) in [6.07, 6.45) is 15.1. The van der Waals surface area contributed by atoms with E-state index in [4.69, 9.17) is 0 Å². The second kappa shape index (κ2) is 11.6. The highest BCUT2D eigenvalue weighted by atomic mass is 15.1. The number of nitrogens with zero attached hydrogens (tertiary/aromatic N) is 2. The van der Waals surface area contributed by atoms with E-state index in [2.05, 4.69) is 177 Å². The van der Waals surface area contributed by atoms with E-state index in [1.807, 2.05) is 0 Å². The van der Waals surface area contributed by atoms with Crippen LogP contribution in [0.3, 0.4) is 0 Å². The average molecular weight is 627 g/mol. The quantitative estimate of drug-likeness (QED) is 0.149. The zero-order chi connectivity index (χ0) is 34.0. The minimum atomic E-state index is -0.222. The number of allylic oxidation sites excluding steroid dienone is 2. The fourth-order valence-electron chi connectivity index (χ4n) is 8.85. The summed E-state index contributed by atoms with van der Waals surface area (Å²) in [6.45, 7) is 24.3. The number of benzene rings is 2. The third kappa shape index (κ3) is 5.31. The van der Waals surface area contributed by atoms with E-state index in [1.165, 1.54) is 52.0 Å². The van der Waals surface area contributed by atoms with Gasteiger partial charge < -0.3 is 0 Å². The van der Waals surface area contributed by atoms with E-state index in [-0.39, 0.29) is 27.2 Å². The molecule has 6 rings (SSSR count). The van der Waals surface area contributed by atoms with Crippen LogP contribution in [0.4, 0.5) is 0 Å². The molecule has 1 aliphatic heterocycles. The lowest BCUT2D eigenvalue weighted by Gasteiger charge is -2.49. The maximum absolute atomic E-state index is 2.70. The van der Waals surface area contributed by atoms with Crippen molar-refractivity contribution in [1.29, 1.82) is 0 Å². The van der Waals surface area contributed by atoms with Gasteiger partial charge in [-0.15, -0.1) is 0 Å². The number of rotatable bonds is 6. The van der Waals surface area contributed by atoms with E-state index < -0.39 is 0 Å². The topological polar surface area (TPSA) is 7.76 Å². The maximum Gasteiger partial charge on any atom is 0.213 e. The van der Waals surface area contributed by atoms with Crippen molar-refractivity contribution in [3.63, 3.8) is 0 Å². The van der Waals surface area contributed by atoms with Gasteiger partial charge >= 0.3 is 0 Å². The van der Waals surface area contributed by atoms with E-state index in [1.54, 1.807) is 11.1 Å². The largest absolute Gasteiger partial charge is 0.213 e. The monoisotopic (exact) mass is 626 g/mol. The molecule has 0 bridgehead atoms. The molecule has 47 heavy (non-hydrogen) atoms. The molecule has 4 aromatic rings. The zero-order valence-corrected chi connectivity index (χ0v) is 31.1. The molecular weight excluding hydrogens is 569 g/mol. The van der Waals surface area contributed by atoms with Crippen molar-refractivity contribution in [1.82, 2.24) is 0 Å². The molecule has 3 heterocycles. The van der Waals surface area contributed by atoms with Gasteiger partial charge in [-0.25, -0.2) is 4.57 Å². The van der Waals surface area contributed by atoms with Crippen LogP contribution in [0, 0.1) is 0 Å². The molecule has 0 amide bonds. The SMILES string of the molecule is CCC1(C)c2cc3c(cc2-c2ccc(C(C)(C)C)c[n+]2C1(C=CCc1ccccc1-c1cccc[n+]1C)CC)C(C)(C)CCC3(C)C. The van der Waals surface area contributed by atoms with Crippen molar-refractivity contribution in [2.45, 2.75) is 129 Å². The molecule has 2 heteroatoms. The summed E-state index contributed by atoms with van der Waals surface area (Å²) in [5, 5.41) is 0. The number of aromatic nitrogens is 2. The van der Waals surface area contributed by atoms with Gasteiger partial charge in [0.15, 0.2) is 17.9 Å². The normalized spacial score (nSPS) is 22.9. The number of fused-ring (bicyclic) bond motifs is 4. The third-order valence-corrected chi connectivity index (χ3v) is 12.4. The molecule has 0 radical (unpaired) electrons. The second-order valence-electron chi connectivity index (χ2n) is 17.1. The first kappa shape index (κ1) is 33.4. The van der Waals surface area contributed by atoms with Crippen LogP contribution >= 0.6 is 0 Å². The average Bonchev–Trinajstić information content (AvgIpc) is 3.04. The van der Waals surface area contributed by atoms with Gasteiger partial charge in [0.1, 0.15) is 7.05 Å². The highest BCUT2D eigenvalue weighted by Crippen LogP contribution is 2.55. The summed E-state index contributed by atoms with van der Waals surface area (Å²) in [4.78, 5) is 0. The predicted octanol–water partition coefficient (Wildman–Crippen LogP) is 10.4. The Balaban J connectivity index is 1.58. The molecule has 0 saturated carbocycles. The summed E-state index contributed by atoms with van der Waals surface area (Å²) in [5.41, 5.74) is 12.8. The van der Waals surface area contributed by atoms with Gasteiger partial charge in [0.05, 0.1) is 11.0 Å². The first-order valence-corrected chi connectivity index (χ1v) is 18.1. The molecule has 0 spiro atoms. The molecule has 2 aliphatic rings. The Kier molecular flexibility index (Phi) is 8.22. The van der Waals surface area contributed by atoms with Crippen LogP contribution in [0.25, 0.3) is 22.5 Å². The van der Waals surface area contributed by atoms with E-state index in [9.17, 15) is 0 Å². The Morgan fingerprint density at radius 3 is 2.02 bits per heavy atom. The summed E-state index contributed by atoms with van der Waals surface area (Å²) < 4.78 is 4.93. The molecule has 2 aromatic carbocycles. The van der Waals surface area contributed by atoms with Crippen LogP contribution in [-0.4, -0.2) is 0 Å². The first-order chi connectivity index (χ1) is 22.1. The fourth-order valence-corrected chi connectivity index (χ4v) is 8.85. The van der Waals surface area contributed by atoms with Gasteiger partial charge in [-0.3, -0.25) is 0 Å². The van der Waals surface area contributed by atoms with Gasteiger partial charge in [0.25, 0.3) is 0 Å². The number of aryl methyl sites for hydroxylation is 1. The van der Waals surface area contributed by atoms with Crippen LogP contribution in [-0.2, 0) is 40.7 Å². The zero-order valence-electron chi connectivity index (χ0n) is 31.1. The van der Waals surface area contributed by atoms with E-state index >= 15 is 0 Å². The van der Waals surface area contributed by atoms with Gasteiger partial charge in [0, 0.05) is 35.7 Å². The summed E-state index contributed by atoms with van der Waals surface area (Å²) >= 11 is 0. The minimum absolute atomic E-state index is 0.0557. The Hall–Kier alpha value is -3.52. The van der Waals surface area contributed by atoms with E-state index in [0.29, 0.717) is 0 Å². The lowest BCUT2D eigenvalue weighted by molar-refractivity contribution is -0.756. The van der Waals surface area contributed by atoms with Crippen LogP contribution in [0.1, 0.15) is 123 Å². The predicted molar refractivity (Wildman–Crippen MR) is 198 cm³/mol. The second-order valence-corrected chi connectivity index (χ2v) is 17.1.